The van der Waals surface area contributed by atoms with E-state index in [0.717, 1.165) is 19.4 Å². The molecule has 17 heavy (non-hydrogen) atoms. The molecule has 1 amide bonds. The Balaban J connectivity index is 1.81. The predicted molar refractivity (Wildman–Crippen MR) is 63.8 cm³/mol. The van der Waals surface area contributed by atoms with Gasteiger partial charge in [-0.25, -0.2) is 0 Å². The lowest BCUT2D eigenvalue weighted by atomic mass is 9.94. The third-order valence-corrected chi connectivity index (χ3v) is 3.26. The maximum absolute atomic E-state index is 12.0. The summed E-state index contributed by atoms with van der Waals surface area (Å²) in [5.41, 5.74) is -0.137. The molecular formula is C12H22N2O3. The third-order valence-electron chi connectivity index (χ3n) is 3.26. The molecule has 98 valence electrons. The smallest absolute Gasteiger partial charge is 0.250 e. The maximum Gasteiger partial charge on any atom is 0.250 e. The van der Waals surface area contributed by atoms with Crippen LogP contribution in [0.2, 0.25) is 0 Å². The minimum atomic E-state index is -0.338. The monoisotopic (exact) mass is 242 g/mol. The van der Waals surface area contributed by atoms with Crippen molar-refractivity contribution in [3.63, 3.8) is 0 Å². The van der Waals surface area contributed by atoms with Gasteiger partial charge in [0, 0.05) is 25.7 Å². The Morgan fingerprint density at radius 1 is 1.41 bits per heavy atom. The normalized spacial score (nSPS) is 33.1. The second-order valence-electron chi connectivity index (χ2n) is 5.37. The molecule has 5 heteroatoms. The summed E-state index contributed by atoms with van der Waals surface area (Å²) in [4.78, 5) is 12.0. The number of amides is 1. The van der Waals surface area contributed by atoms with Gasteiger partial charge in [0.1, 0.15) is 6.10 Å². The molecule has 0 aliphatic carbocycles. The molecule has 2 atom stereocenters. The molecule has 0 aromatic carbocycles. The molecule has 2 unspecified atom stereocenters. The molecular weight excluding hydrogens is 220 g/mol. The predicted octanol–water partition coefficient (Wildman–Crippen LogP) is 0.0486. The van der Waals surface area contributed by atoms with Gasteiger partial charge in [-0.15, -0.1) is 0 Å². The highest BCUT2D eigenvalue weighted by atomic mass is 16.5. The summed E-state index contributed by atoms with van der Waals surface area (Å²) < 4.78 is 11.1. The van der Waals surface area contributed by atoms with Crippen molar-refractivity contribution in [3.05, 3.63) is 0 Å². The van der Waals surface area contributed by atoms with Crippen LogP contribution in [0.1, 0.15) is 26.7 Å². The van der Waals surface area contributed by atoms with Gasteiger partial charge in [-0.2, -0.15) is 0 Å². The summed E-state index contributed by atoms with van der Waals surface area (Å²) in [6.45, 7) is 6.87. The summed E-state index contributed by atoms with van der Waals surface area (Å²) in [7, 11) is 0. The van der Waals surface area contributed by atoms with Crippen molar-refractivity contribution < 1.29 is 14.3 Å². The van der Waals surface area contributed by atoms with Crippen LogP contribution in [0.25, 0.3) is 0 Å². The number of rotatable bonds is 2. The number of carbonyl (C=O) groups is 1. The molecule has 2 rings (SSSR count). The molecule has 0 bridgehead atoms. The molecule has 0 spiro atoms. The van der Waals surface area contributed by atoms with Crippen molar-refractivity contribution in [2.24, 2.45) is 0 Å². The minimum absolute atomic E-state index is 0.0000926. The zero-order chi connectivity index (χ0) is 12.3. The molecule has 0 saturated carbocycles. The van der Waals surface area contributed by atoms with Gasteiger partial charge in [0.05, 0.1) is 12.2 Å². The van der Waals surface area contributed by atoms with Crippen molar-refractivity contribution in [3.8, 4) is 0 Å². The Bertz CT molecular complexity index is 275. The molecule has 2 aliphatic rings. The molecule has 2 saturated heterocycles. The standard InChI is InChI=1S/C12H22N2O3/c1-12(2)7-9(3-5-17-12)14-11(15)10-8-13-4-6-16-10/h9-10,13H,3-8H2,1-2H3,(H,14,15). The van der Waals surface area contributed by atoms with Gasteiger partial charge in [0.25, 0.3) is 5.91 Å². The summed E-state index contributed by atoms with van der Waals surface area (Å²) >= 11 is 0. The lowest BCUT2D eigenvalue weighted by molar-refractivity contribution is -0.137. The zero-order valence-corrected chi connectivity index (χ0v) is 10.6. The van der Waals surface area contributed by atoms with Crippen molar-refractivity contribution in [1.29, 1.82) is 0 Å². The van der Waals surface area contributed by atoms with E-state index in [1.54, 1.807) is 0 Å². The van der Waals surface area contributed by atoms with E-state index in [0.29, 0.717) is 19.8 Å². The average molecular weight is 242 g/mol. The van der Waals surface area contributed by atoms with Crippen LogP contribution in [0.3, 0.4) is 0 Å². The van der Waals surface area contributed by atoms with E-state index in [1.807, 2.05) is 0 Å². The molecule has 2 fully saturated rings. The molecule has 2 aliphatic heterocycles. The fraction of sp³-hybridized carbons (Fsp3) is 0.917. The second kappa shape index (κ2) is 5.33. The highest BCUT2D eigenvalue weighted by Gasteiger charge is 2.31. The first-order chi connectivity index (χ1) is 8.07. The van der Waals surface area contributed by atoms with Crippen LogP contribution in [0.4, 0.5) is 0 Å². The zero-order valence-electron chi connectivity index (χ0n) is 10.6. The van der Waals surface area contributed by atoms with Crippen LogP contribution in [0.15, 0.2) is 0 Å². The average Bonchev–Trinajstić information content (AvgIpc) is 2.29. The lowest BCUT2D eigenvalue weighted by Gasteiger charge is -2.36. The van der Waals surface area contributed by atoms with E-state index in [4.69, 9.17) is 9.47 Å². The van der Waals surface area contributed by atoms with Crippen molar-refractivity contribution in [2.75, 3.05) is 26.3 Å². The number of hydrogen-bond acceptors (Lipinski definition) is 4. The Kier molecular flexibility index (Phi) is 4.01. The second-order valence-corrected chi connectivity index (χ2v) is 5.37. The highest BCUT2D eigenvalue weighted by molar-refractivity contribution is 5.81. The lowest BCUT2D eigenvalue weighted by Crippen LogP contribution is -2.53. The summed E-state index contributed by atoms with van der Waals surface area (Å²) in [5.74, 6) is -0.0000926. The third kappa shape index (κ3) is 3.66. The number of ether oxygens (including phenoxy) is 2. The highest BCUT2D eigenvalue weighted by Crippen LogP contribution is 2.23. The first-order valence-electron chi connectivity index (χ1n) is 6.33. The van der Waals surface area contributed by atoms with Crippen molar-refractivity contribution in [2.45, 2.75) is 44.4 Å². The summed E-state index contributed by atoms with van der Waals surface area (Å²) in [5, 5.41) is 6.22. The van der Waals surface area contributed by atoms with Gasteiger partial charge in [-0.3, -0.25) is 4.79 Å². The number of nitrogens with one attached hydrogen (secondary N) is 2. The number of carbonyl (C=O) groups excluding carboxylic acids is 1. The van der Waals surface area contributed by atoms with Crippen LogP contribution in [0, 0.1) is 0 Å². The fourth-order valence-corrected chi connectivity index (χ4v) is 2.38. The van der Waals surface area contributed by atoms with Crippen LogP contribution < -0.4 is 10.6 Å². The molecule has 2 N–H and O–H groups in total. The van der Waals surface area contributed by atoms with Crippen LogP contribution >= 0.6 is 0 Å². The summed E-state index contributed by atoms with van der Waals surface area (Å²) in [6.07, 6.45) is 1.41. The quantitative estimate of drug-likeness (QED) is 0.718. The molecule has 2 heterocycles. The van der Waals surface area contributed by atoms with Gasteiger partial charge < -0.3 is 20.1 Å². The van der Waals surface area contributed by atoms with Crippen LogP contribution in [-0.2, 0) is 14.3 Å². The van der Waals surface area contributed by atoms with Gasteiger partial charge >= 0.3 is 0 Å². The van der Waals surface area contributed by atoms with Gasteiger partial charge in [-0.05, 0) is 26.7 Å². The first kappa shape index (κ1) is 12.8. The van der Waals surface area contributed by atoms with E-state index < -0.39 is 0 Å². The Hall–Kier alpha value is -0.650. The van der Waals surface area contributed by atoms with E-state index in [1.165, 1.54) is 0 Å². The van der Waals surface area contributed by atoms with Gasteiger partial charge in [-0.1, -0.05) is 0 Å². The fourth-order valence-electron chi connectivity index (χ4n) is 2.38. The molecule has 0 aromatic heterocycles. The van der Waals surface area contributed by atoms with Crippen LogP contribution in [0.5, 0.6) is 0 Å². The molecule has 0 radical (unpaired) electrons. The van der Waals surface area contributed by atoms with Crippen molar-refractivity contribution >= 4 is 5.91 Å². The summed E-state index contributed by atoms with van der Waals surface area (Å²) in [6, 6.07) is 0.205. The van der Waals surface area contributed by atoms with E-state index in [-0.39, 0.29) is 23.7 Å². The van der Waals surface area contributed by atoms with Gasteiger partial charge in [0.15, 0.2) is 0 Å². The SMILES string of the molecule is CC1(C)CC(NC(=O)C2CNCCO2)CCO1. The maximum atomic E-state index is 12.0. The Labute approximate surface area is 102 Å². The first-order valence-corrected chi connectivity index (χ1v) is 6.33. The topological polar surface area (TPSA) is 59.6 Å². The molecule has 0 aromatic rings. The van der Waals surface area contributed by atoms with E-state index in [9.17, 15) is 4.79 Å². The van der Waals surface area contributed by atoms with Crippen molar-refractivity contribution in [1.82, 2.24) is 10.6 Å². The van der Waals surface area contributed by atoms with Gasteiger partial charge in [0.2, 0.25) is 0 Å². The van der Waals surface area contributed by atoms with E-state index >= 15 is 0 Å². The Morgan fingerprint density at radius 3 is 2.88 bits per heavy atom. The largest absolute Gasteiger partial charge is 0.375 e. The van der Waals surface area contributed by atoms with E-state index in [2.05, 4.69) is 24.5 Å². The number of hydrogen-bond donors (Lipinski definition) is 2. The Morgan fingerprint density at radius 2 is 2.24 bits per heavy atom. The number of morpholine rings is 1. The van der Waals surface area contributed by atoms with Crippen LogP contribution in [-0.4, -0.2) is 50.0 Å². The minimum Gasteiger partial charge on any atom is -0.375 e. The molecule has 5 nitrogen and oxygen atoms in total.